The third kappa shape index (κ3) is 3.29. The fourth-order valence-electron chi connectivity index (χ4n) is 2.01. The van der Waals surface area contributed by atoms with E-state index in [2.05, 4.69) is 45.3 Å². The van der Waals surface area contributed by atoms with E-state index in [9.17, 15) is 0 Å². The Morgan fingerprint density at radius 3 is 2.59 bits per heavy atom. The highest BCUT2D eigenvalue weighted by atomic mass is 32.1. The van der Waals surface area contributed by atoms with Gasteiger partial charge in [0.2, 0.25) is 0 Å². The fraction of sp³-hybridized carbons (Fsp3) is 0.786. The van der Waals surface area contributed by atoms with Gasteiger partial charge >= 0.3 is 0 Å². The van der Waals surface area contributed by atoms with E-state index in [1.165, 1.54) is 17.1 Å². The maximum absolute atomic E-state index is 4.69. The first kappa shape index (κ1) is 13.0. The van der Waals surface area contributed by atoms with Crippen LogP contribution < -0.4 is 5.32 Å². The molecular formula is C14H24N2S. The predicted molar refractivity (Wildman–Crippen MR) is 74.4 cm³/mol. The van der Waals surface area contributed by atoms with Gasteiger partial charge in [0, 0.05) is 17.3 Å². The van der Waals surface area contributed by atoms with Crippen molar-refractivity contribution in [3.8, 4) is 0 Å². The molecule has 1 saturated carbocycles. The first-order chi connectivity index (χ1) is 7.79. The van der Waals surface area contributed by atoms with Crippen molar-refractivity contribution in [2.75, 3.05) is 6.54 Å². The topological polar surface area (TPSA) is 24.9 Å². The number of hydrogen-bond acceptors (Lipinski definition) is 3. The lowest BCUT2D eigenvalue weighted by molar-refractivity contribution is 0.517. The van der Waals surface area contributed by atoms with Crippen LogP contribution in [0.25, 0.3) is 0 Å². The number of rotatable bonds is 4. The second-order valence-electron chi connectivity index (χ2n) is 6.90. The largest absolute Gasteiger partial charge is 0.310 e. The second-order valence-corrected chi connectivity index (χ2v) is 7.84. The molecule has 0 aromatic carbocycles. The maximum Gasteiger partial charge on any atom is 0.107 e. The summed E-state index contributed by atoms with van der Waals surface area (Å²) in [4.78, 5) is 4.69. The van der Waals surface area contributed by atoms with E-state index in [-0.39, 0.29) is 5.41 Å². The van der Waals surface area contributed by atoms with Gasteiger partial charge in [-0.15, -0.1) is 11.3 Å². The van der Waals surface area contributed by atoms with E-state index >= 15 is 0 Å². The molecule has 2 nitrogen and oxygen atoms in total. The van der Waals surface area contributed by atoms with Gasteiger partial charge in [0.05, 0.1) is 5.69 Å². The number of aromatic nitrogens is 1. The fourth-order valence-corrected chi connectivity index (χ4v) is 3.00. The van der Waals surface area contributed by atoms with E-state index < -0.39 is 0 Å². The molecular weight excluding hydrogens is 228 g/mol. The van der Waals surface area contributed by atoms with Gasteiger partial charge in [-0.25, -0.2) is 4.98 Å². The van der Waals surface area contributed by atoms with Gasteiger partial charge in [0.25, 0.3) is 0 Å². The van der Waals surface area contributed by atoms with E-state index in [4.69, 9.17) is 4.98 Å². The first-order valence-corrected chi connectivity index (χ1v) is 7.32. The van der Waals surface area contributed by atoms with Crippen LogP contribution in [0.5, 0.6) is 0 Å². The molecule has 1 aromatic heterocycles. The molecule has 1 N–H and O–H groups in total. The van der Waals surface area contributed by atoms with Gasteiger partial charge in [-0.05, 0) is 24.3 Å². The van der Waals surface area contributed by atoms with Crippen molar-refractivity contribution < 1.29 is 0 Å². The Balaban J connectivity index is 1.78. The van der Waals surface area contributed by atoms with Gasteiger partial charge in [-0.2, -0.15) is 0 Å². The average Bonchev–Trinajstić information content (AvgIpc) is 2.64. The molecule has 0 saturated heterocycles. The standard InChI is InChI=1S/C14H24N2S/c1-13(2,3)11-9-17-12(16-11)8-15-7-10-6-14(10,4)5/h9-10,15H,6-8H2,1-5H3. The van der Waals surface area contributed by atoms with E-state index in [0.29, 0.717) is 5.41 Å². The Morgan fingerprint density at radius 1 is 1.47 bits per heavy atom. The Labute approximate surface area is 109 Å². The third-order valence-corrected chi connectivity index (χ3v) is 4.55. The number of hydrogen-bond donors (Lipinski definition) is 1. The molecule has 2 rings (SSSR count). The van der Waals surface area contributed by atoms with Gasteiger partial charge in [0.15, 0.2) is 0 Å². The molecule has 96 valence electrons. The molecule has 1 heterocycles. The summed E-state index contributed by atoms with van der Waals surface area (Å²) in [5.41, 5.74) is 1.96. The van der Waals surface area contributed by atoms with Crippen LogP contribution in [0.1, 0.15) is 51.7 Å². The van der Waals surface area contributed by atoms with Crippen LogP contribution in [0.15, 0.2) is 5.38 Å². The summed E-state index contributed by atoms with van der Waals surface area (Å²) in [6.45, 7) is 13.4. The zero-order chi connectivity index (χ0) is 12.7. The smallest absolute Gasteiger partial charge is 0.107 e. The van der Waals surface area contributed by atoms with E-state index in [1.54, 1.807) is 11.3 Å². The molecule has 1 aliphatic carbocycles. The lowest BCUT2D eigenvalue weighted by Crippen LogP contribution is -2.18. The Kier molecular flexibility index (Phi) is 3.34. The summed E-state index contributed by atoms with van der Waals surface area (Å²) < 4.78 is 0. The summed E-state index contributed by atoms with van der Waals surface area (Å²) >= 11 is 1.77. The van der Waals surface area contributed by atoms with Gasteiger partial charge < -0.3 is 5.32 Å². The summed E-state index contributed by atoms with van der Waals surface area (Å²) in [6, 6.07) is 0. The highest BCUT2D eigenvalue weighted by Crippen LogP contribution is 2.50. The van der Waals surface area contributed by atoms with Crippen LogP contribution >= 0.6 is 11.3 Å². The Bertz CT molecular complexity index is 387. The summed E-state index contributed by atoms with van der Waals surface area (Å²) in [5, 5.41) is 6.94. The maximum atomic E-state index is 4.69. The molecule has 0 spiro atoms. The van der Waals surface area contributed by atoms with Crippen molar-refractivity contribution >= 4 is 11.3 Å². The molecule has 17 heavy (non-hydrogen) atoms. The normalized spacial score (nSPS) is 22.8. The molecule has 1 atom stereocenters. The van der Waals surface area contributed by atoms with Gasteiger partial charge in [0.1, 0.15) is 5.01 Å². The second kappa shape index (κ2) is 4.36. The summed E-state index contributed by atoms with van der Waals surface area (Å²) in [5.74, 6) is 0.865. The molecule has 0 radical (unpaired) electrons. The van der Waals surface area contributed by atoms with Crippen molar-refractivity contribution in [3.63, 3.8) is 0 Å². The summed E-state index contributed by atoms with van der Waals surface area (Å²) in [6.07, 6.45) is 1.37. The molecule has 1 aliphatic rings. The van der Waals surface area contributed by atoms with Crippen LogP contribution in [0, 0.1) is 11.3 Å². The molecule has 0 amide bonds. The third-order valence-electron chi connectivity index (χ3n) is 3.70. The van der Waals surface area contributed by atoms with Crippen molar-refractivity contribution in [3.05, 3.63) is 16.1 Å². The average molecular weight is 252 g/mol. The molecule has 1 aromatic rings. The van der Waals surface area contributed by atoms with Gasteiger partial charge in [-0.3, -0.25) is 0 Å². The molecule has 1 unspecified atom stereocenters. The quantitative estimate of drug-likeness (QED) is 0.886. The van der Waals surface area contributed by atoms with Crippen LogP contribution in [0.4, 0.5) is 0 Å². The molecule has 3 heteroatoms. The minimum absolute atomic E-state index is 0.174. The Morgan fingerprint density at radius 2 is 2.12 bits per heavy atom. The van der Waals surface area contributed by atoms with Crippen LogP contribution in [-0.2, 0) is 12.0 Å². The van der Waals surface area contributed by atoms with E-state index in [1.807, 2.05) is 0 Å². The minimum atomic E-state index is 0.174. The first-order valence-electron chi connectivity index (χ1n) is 6.45. The lowest BCUT2D eigenvalue weighted by atomic mass is 9.93. The van der Waals surface area contributed by atoms with E-state index in [0.717, 1.165) is 19.0 Å². The number of nitrogens with zero attached hydrogens (tertiary/aromatic N) is 1. The monoisotopic (exact) mass is 252 g/mol. The van der Waals surface area contributed by atoms with Crippen molar-refractivity contribution in [1.82, 2.24) is 10.3 Å². The molecule has 1 fully saturated rings. The molecule has 0 aliphatic heterocycles. The number of thiazole rings is 1. The van der Waals surface area contributed by atoms with Crippen LogP contribution in [0.2, 0.25) is 0 Å². The van der Waals surface area contributed by atoms with Crippen molar-refractivity contribution in [2.24, 2.45) is 11.3 Å². The zero-order valence-corrected chi connectivity index (χ0v) is 12.4. The van der Waals surface area contributed by atoms with Crippen molar-refractivity contribution in [1.29, 1.82) is 0 Å². The van der Waals surface area contributed by atoms with Crippen LogP contribution in [-0.4, -0.2) is 11.5 Å². The lowest BCUT2D eigenvalue weighted by Gasteiger charge is -2.14. The SMILES string of the molecule is CC(C)(C)c1csc(CNCC2CC2(C)C)n1. The Hall–Kier alpha value is -0.410. The van der Waals surface area contributed by atoms with Gasteiger partial charge in [-0.1, -0.05) is 34.6 Å². The zero-order valence-electron chi connectivity index (χ0n) is 11.6. The predicted octanol–water partition coefficient (Wildman–Crippen LogP) is 3.58. The number of nitrogens with one attached hydrogen (secondary N) is 1. The molecule has 0 bridgehead atoms. The highest BCUT2D eigenvalue weighted by molar-refractivity contribution is 7.09. The highest BCUT2D eigenvalue weighted by Gasteiger charge is 2.44. The summed E-state index contributed by atoms with van der Waals surface area (Å²) in [7, 11) is 0. The van der Waals surface area contributed by atoms with Crippen LogP contribution in [0.3, 0.4) is 0 Å². The minimum Gasteiger partial charge on any atom is -0.310 e. The van der Waals surface area contributed by atoms with Crippen molar-refractivity contribution in [2.45, 2.75) is 53.0 Å².